The second-order valence-corrected chi connectivity index (χ2v) is 2.72. The first-order valence-corrected chi connectivity index (χ1v) is 4.12. The lowest BCUT2D eigenvalue weighted by Gasteiger charge is -1.98. The smallest absolute Gasteiger partial charge is 0.120 e. The van der Waals surface area contributed by atoms with Crippen molar-refractivity contribution in [1.82, 2.24) is 25.5 Å². The Balaban J connectivity index is 1.76. The Morgan fingerprint density at radius 2 is 2.31 bits per heavy atom. The molecule has 68 valence electrons. The van der Waals surface area contributed by atoms with Gasteiger partial charge in [-0.15, -0.1) is 0 Å². The summed E-state index contributed by atoms with van der Waals surface area (Å²) in [7, 11) is 0. The molecule has 0 atom stereocenters. The van der Waals surface area contributed by atoms with Crippen molar-refractivity contribution < 1.29 is 0 Å². The average Bonchev–Trinajstić information content (AvgIpc) is 2.75. The molecule has 5 nitrogen and oxygen atoms in total. The van der Waals surface area contributed by atoms with Crippen molar-refractivity contribution in [3.05, 3.63) is 36.2 Å². The van der Waals surface area contributed by atoms with E-state index in [0.29, 0.717) is 0 Å². The zero-order valence-corrected chi connectivity index (χ0v) is 7.12. The summed E-state index contributed by atoms with van der Waals surface area (Å²) in [5.41, 5.74) is 1.08. The summed E-state index contributed by atoms with van der Waals surface area (Å²) in [6.45, 7) is 1.52. The highest BCUT2D eigenvalue weighted by Crippen LogP contribution is 1.92. The summed E-state index contributed by atoms with van der Waals surface area (Å²) in [6, 6.07) is 1.94. The van der Waals surface area contributed by atoms with Gasteiger partial charge in [0.1, 0.15) is 5.82 Å². The molecule has 13 heavy (non-hydrogen) atoms. The molecule has 0 unspecified atom stereocenters. The Hall–Kier alpha value is -1.62. The van der Waals surface area contributed by atoms with Gasteiger partial charge in [-0.2, -0.15) is 5.10 Å². The van der Waals surface area contributed by atoms with Gasteiger partial charge < -0.3 is 10.3 Å². The lowest BCUT2D eigenvalue weighted by atomic mass is 10.4. The fraction of sp³-hybridized carbons (Fsp3) is 0.250. The van der Waals surface area contributed by atoms with Gasteiger partial charge in [0, 0.05) is 30.8 Å². The first-order chi connectivity index (χ1) is 6.45. The lowest BCUT2D eigenvalue weighted by molar-refractivity contribution is 0.655. The van der Waals surface area contributed by atoms with Gasteiger partial charge in [0.05, 0.1) is 6.54 Å². The third kappa shape index (κ3) is 2.16. The molecule has 0 bridgehead atoms. The number of hydrogen-bond donors (Lipinski definition) is 3. The standard InChI is InChI=1S/C8H11N5/c1-2-12-13-7(1)5-9-6-8-10-3-4-11-8/h1-4,9H,5-6H2,(H,10,11)(H,12,13). The zero-order valence-electron chi connectivity index (χ0n) is 7.12. The quantitative estimate of drug-likeness (QED) is 0.634. The van der Waals surface area contributed by atoms with Gasteiger partial charge in [-0.3, -0.25) is 5.10 Å². The molecule has 2 heterocycles. The van der Waals surface area contributed by atoms with Crippen LogP contribution in [0.25, 0.3) is 0 Å². The maximum atomic E-state index is 4.09. The number of aromatic amines is 2. The third-order valence-corrected chi connectivity index (χ3v) is 1.72. The van der Waals surface area contributed by atoms with Crippen LogP contribution in [0, 0.1) is 0 Å². The van der Waals surface area contributed by atoms with Crippen LogP contribution in [-0.4, -0.2) is 20.2 Å². The molecule has 0 aliphatic heterocycles. The monoisotopic (exact) mass is 177 g/mol. The Labute approximate surface area is 75.6 Å². The highest BCUT2D eigenvalue weighted by Gasteiger charge is 1.95. The molecule has 5 heteroatoms. The first-order valence-electron chi connectivity index (χ1n) is 4.12. The van der Waals surface area contributed by atoms with Gasteiger partial charge in [-0.05, 0) is 6.07 Å². The number of H-pyrrole nitrogens is 2. The number of nitrogens with zero attached hydrogens (tertiary/aromatic N) is 2. The number of imidazole rings is 1. The second kappa shape index (κ2) is 3.86. The predicted octanol–water partition coefficient (Wildman–Crippen LogP) is 0.423. The van der Waals surface area contributed by atoms with Crippen LogP contribution in [0.3, 0.4) is 0 Å². The van der Waals surface area contributed by atoms with Crippen LogP contribution in [0.5, 0.6) is 0 Å². The first kappa shape index (κ1) is 8.00. The van der Waals surface area contributed by atoms with E-state index in [9.17, 15) is 0 Å². The summed E-state index contributed by atoms with van der Waals surface area (Å²) in [5.74, 6) is 0.944. The van der Waals surface area contributed by atoms with E-state index in [0.717, 1.165) is 24.6 Å². The number of hydrogen-bond acceptors (Lipinski definition) is 3. The normalized spacial score (nSPS) is 10.5. The molecule has 0 spiro atoms. The van der Waals surface area contributed by atoms with Crippen LogP contribution >= 0.6 is 0 Å². The summed E-state index contributed by atoms with van der Waals surface area (Å²) in [5, 5.41) is 9.95. The fourth-order valence-corrected chi connectivity index (χ4v) is 1.09. The summed E-state index contributed by atoms with van der Waals surface area (Å²) in [4.78, 5) is 7.11. The van der Waals surface area contributed by atoms with Crippen LogP contribution in [0.4, 0.5) is 0 Å². The second-order valence-electron chi connectivity index (χ2n) is 2.72. The Kier molecular flexibility index (Phi) is 2.38. The van der Waals surface area contributed by atoms with Crippen LogP contribution < -0.4 is 5.32 Å². The van der Waals surface area contributed by atoms with Crippen LogP contribution in [0.1, 0.15) is 11.5 Å². The third-order valence-electron chi connectivity index (χ3n) is 1.72. The van der Waals surface area contributed by atoms with Crippen LogP contribution in [-0.2, 0) is 13.1 Å². The van der Waals surface area contributed by atoms with E-state index >= 15 is 0 Å². The van der Waals surface area contributed by atoms with E-state index in [1.807, 2.05) is 12.3 Å². The Bertz CT molecular complexity index is 289. The van der Waals surface area contributed by atoms with E-state index in [2.05, 4.69) is 25.5 Å². The predicted molar refractivity (Wildman–Crippen MR) is 47.7 cm³/mol. The molecule has 0 aromatic carbocycles. The minimum atomic E-state index is 0.742. The lowest BCUT2D eigenvalue weighted by Crippen LogP contribution is -2.13. The molecule has 0 fully saturated rings. The van der Waals surface area contributed by atoms with E-state index in [1.165, 1.54) is 0 Å². The fourth-order valence-electron chi connectivity index (χ4n) is 1.09. The molecule has 0 aliphatic rings. The molecule has 2 rings (SSSR count). The maximum Gasteiger partial charge on any atom is 0.120 e. The van der Waals surface area contributed by atoms with E-state index in [1.54, 1.807) is 12.4 Å². The summed E-state index contributed by atoms with van der Waals surface area (Å²) in [6.07, 6.45) is 5.30. The van der Waals surface area contributed by atoms with Crippen molar-refractivity contribution in [3.63, 3.8) is 0 Å². The van der Waals surface area contributed by atoms with Gasteiger partial charge in [0.2, 0.25) is 0 Å². The van der Waals surface area contributed by atoms with Gasteiger partial charge in [0.25, 0.3) is 0 Å². The van der Waals surface area contributed by atoms with Gasteiger partial charge in [0.15, 0.2) is 0 Å². The number of rotatable bonds is 4. The number of nitrogens with one attached hydrogen (secondary N) is 3. The molecule has 3 N–H and O–H groups in total. The minimum Gasteiger partial charge on any atom is -0.348 e. The van der Waals surface area contributed by atoms with Crippen molar-refractivity contribution in [1.29, 1.82) is 0 Å². The molecular formula is C8H11N5. The van der Waals surface area contributed by atoms with Crippen LogP contribution in [0.15, 0.2) is 24.7 Å². The number of aromatic nitrogens is 4. The molecule has 0 radical (unpaired) electrons. The highest BCUT2D eigenvalue weighted by molar-refractivity contribution is 4.97. The van der Waals surface area contributed by atoms with Crippen molar-refractivity contribution in [2.24, 2.45) is 0 Å². The van der Waals surface area contributed by atoms with Gasteiger partial charge >= 0.3 is 0 Å². The Morgan fingerprint density at radius 3 is 3.00 bits per heavy atom. The van der Waals surface area contributed by atoms with Crippen molar-refractivity contribution in [2.75, 3.05) is 0 Å². The molecule has 0 saturated carbocycles. The molecule has 0 aliphatic carbocycles. The highest BCUT2D eigenvalue weighted by atomic mass is 15.1. The van der Waals surface area contributed by atoms with E-state index in [-0.39, 0.29) is 0 Å². The molecule has 2 aromatic heterocycles. The van der Waals surface area contributed by atoms with Crippen molar-refractivity contribution in [3.8, 4) is 0 Å². The van der Waals surface area contributed by atoms with Crippen molar-refractivity contribution >= 4 is 0 Å². The van der Waals surface area contributed by atoms with E-state index < -0.39 is 0 Å². The summed E-state index contributed by atoms with van der Waals surface area (Å²) < 4.78 is 0. The maximum absolute atomic E-state index is 4.09. The minimum absolute atomic E-state index is 0.742. The van der Waals surface area contributed by atoms with Gasteiger partial charge in [-0.1, -0.05) is 0 Å². The van der Waals surface area contributed by atoms with Crippen LogP contribution in [0.2, 0.25) is 0 Å². The Morgan fingerprint density at radius 1 is 1.31 bits per heavy atom. The zero-order chi connectivity index (χ0) is 8.93. The van der Waals surface area contributed by atoms with E-state index in [4.69, 9.17) is 0 Å². The van der Waals surface area contributed by atoms with Gasteiger partial charge in [-0.25, -0.2) is 4.98 Å². The largest absolute Gasteiger partial charge is 0.348 e. The summed E-state index contributed by atoms with van der Waals surface area (Å²) >= 11 is 0. The SMILES string of the molecule is c1cc(CNCc2ncc[nH]2)[nH]n1. The van der Waals surface area contributed by atoms with Crippen molar-refractivity contribution in [2.45, 2.75) is 13.1 Å². The average molecular weight is 177 g/mol. The topological polar surface area (TPSA) is 69.4 Å². The molecule has 2 aromatic rings. The molecular weight excluding hydrogens is 166 g/mol. The molecule has 0 saturated heterocycles. The molecule has 0 amide bonds.